The van der Waals surface area contributed by atoms with E-state index in [-0.39, 0.29) is 5.91 Å². The first-order valence-corrected chi connectivity index (χ1v) is 7.23. The molecule has 0 saturated carbocycles. The number of hydrogen-bond acceptors (Lipinski definition) is 3. The number of para-hydroxylation sites is 1. The Hall–Kier alpha value is -1.39. The van der Waals surface area contributed by atoms with Crippen LogP contribution in [0.5, 0.6) is 0 Å². The summed E-state index contributed by atoms with van der Waals surface area (Å²) >= 11 is 0. The van der Waals surface area contributed by atoms with Gasteiger partial charge in [-0.05, 0) is 38.6 Å². The number of anilines is 1. The van der Waals surface area contributed by atoms with Crippen molar-refractivity contribution in [1.29, 1.82) is 0 Å². The van der Waals surface area contributed by atoms with Crippen molar-refractivity contribution in [2.24, 2.45) is 11.1 Å². The van der Waals surface area contributed by atoms with Gasteiger partial charge in [-0.2, -0.15) is 0 Å². The van der Waals surface area contributed by atoms with Gasteiger partial charge in [-0.25, -0.2) is 0 Å². The molecule has 4 heteroatoms. The lowest BCUT2D eigenvalue weighted by Crippen LogP contribution is -2.41. The molecule has 0 fully saturated rings. The smallest absolute Gasteiger partial charge is 0.231 e. The summed E-state index contributed by atoms with van der Waals surface area (Å²) in [5, 5.41) is 3.06. The maximum absolute atomic E-state index is 12.6. The van der Waals surface area contributed by atoms with Crippen molar-refractivity contribution in [2.45, 2.75) is 33.2 Å². The van der Waals surface area contributed by atoms with Crippen molar-refractivity contribution in [1.82, 2.24) is 4.90 Å². The minimum Gasteiger partial charge on any atom is -0.329 e. The molecule has 0 aliphatic heterocycles. The number of hydrogen-bond donors (Lipinski definition) is 2. The van der Waals surface area contributed by atoms with Gasteiger partial charge < -0.3 is 16.0 Å². The number of nitrogens with one attached hydrogen (secondary N) is 1. The summed E-state index contributed by atoms with van der Waals surface area (Å²) in [4.78, 5) is 14.6. The zero-order valence-corrected chi connectivity index (χ0v) is 13.1. The topological polar surface area (TPSA) is 58.4 Å². The van der Waals surface area contributed by atoms with Crippen molar-refractivity contribution in [3.63, 3.8) is 0 Å². The number of carbonyl (C=O) groups excluding carboxylic acids is 1. The summed E-state index contributed by atoms with van der Waals surface area (Å²) < 4.78 is 0. The molecule has 1 amide bonds. The van der Waals surface area contributed by atoms with Crippen molar-refractivity contribution in [3.8, 4) is 0 Å². The quantitative estimate of drug-likeness (QED) is 0.805. The number of nitrogens with two attached hydrogens (primary N) is 1. The Morgan fingerprint density at radius 1 is 1.25 bits per heavy atom. The maximum Gasteiger partial charge on any atom is 0.231 e. The molecule has 0 radical (unpaired) electrons. The van der Waals surface area contributed by atoms with Crippen LogP contribution in [-0.4, -0.2) is 31.4 Å². The fourth-order valence-corrected chi connectivity index (χ4v) is 2.33. The lowest BCUT2D eigenvalue weighted by atomic mass is 9.81. The van der Waals surface area contributed by atoms with Crippen LogP contribution in [0.2, 0.25) is 0 Å². The number of nitrogens with zero attached hydrogens (tertiary/aromatic N) is 1. The molecular formula is C16H27N3O. The van der Waals surface area contributed by atoms with Crippen LogP contribution in [0.15, 0.2) is 24.3 Å². The van der Waals surface area contributed by atoms with E-state index in [2.05, 4.69) is 10.2 Å². The van der Waals surface area contributed by atoms with Crippen LogP contribution in [0.25, 0.3) is 0 Å². The molecule has 4 nitrogen and oxygen atoms in total. The molecule has 0 saturated heterocycles. The van der Waals surface area contributed by atoms with Gasteiger partial charge in [0, 0.05) is 18.8 Å². The second-order valence-corrected chi connectivity index (χ2v) is 5.54. The van der Waals surface area contributed by atoms with E-state index in [1.54, 1.807) is 0 Å². The molecule has 20 heavy (non-hydrogen) atoms. The van der Waals surface area contributed by atoms with Gasteiger partial charge >= 0.3 is 0 Å². The van der Waals surface area contributed by atoms with E-state index >= 15 is 0 Å². The van der Waals surface area contributed by atoms with Crippen molar-refractivity contribution < 1.29 is 4.79 Å². The summed E-state index contributed by atoms with van der Waals surface area (Å²) in [5.41, 5.74) is 7.36. The number of amides is 1. The second-order valence-electron chi connectivity index (χ2n) is 5.54. The Morgan fingerprint density at radius 2 is 1.85 bits per heavy atom. The van der Waals surface area contributed by atoms with E-state index in [4.69, 9.17) is 5.73 Å². The molecule has 0 unspecified atom stereocenters. The fourth-order valence-electron chi connectivity index (χ4n) is 2.33. The highest BCUT2D eigenvalue weighted by molar-refractivity contribution is 5.96. The van der Waals surface area contributed by atoms with Crippen LogP contribution in [-0.2, 0) is 11.3 Å². The lowest BCUT2D eigenvalue weighted by molar-refractivity contribution is -0.125. The van der Waals surface area contributed by atoms with Crippen molar-refractivity contribution in [3.05, 3.63) is 29.8 Å². The standard InChI is InChI=1S/C16H27N3O/c1-5-16(6-2,12-17)15(20)18-14-10-8-7-9-13(14)11-19(3)4/h7-10H,5-6,11-12,17H2,1-4H3,(H,18,20). The molecule has 1 rings (SSSR count). The van der Waals surface area contributed by atoms with E-state index in [1.165, 1.54) is 0 Å². The Morgan fingerprint density at radius 3 is 2.35 bits per heavy atom. The monoisotopic (exact) mass is 277 g/mol. The zero-order chi connectivity index (χ0) is 15.2. The van der Waals surface area contributed by atoms with Crippen LogP contribution >= 0.6 is 0 Å². The molecule has 0 aliphatic rings. The summed E-state index contributed by atoms with van der Waals surface area (Å²) in [6.45, 7) is 5.20. The van der Waals surface area contributed by atoms with Crippen LogP contribution < -0.4 is 11.1 Å². The summed E-state index contributed by atoms with van der Waals surface area (Å²) in [5.74, 6) is 0.0243. The Bertz CT molecular complexity index is 431. The average molecular weight is 277 g/mol. The third kappa shape index (κ3) is 3.81. The van der Waals surface area contributed by atoms with Gasteiger partial charge in [0.2, 0.25) is 5.91 Å². The van der Waals surface area contributed by atoms with Gasteiger partial charge in [-0.3, -0.25) is 4.79 Å². The van der Waals surface area contributed by atoms with Gasteiger partial charge in [0.15, 0.2) is 0 Å². The minimum atomic E-state index is -0.467. The van der Waals surface area contributed by atoms with Crippen LogP contribution in [0.4, 0.5) is 5.69 Å². The summed E-state index contributed by atoms with van der Waals surface area (Å²) in [7, 11) is 4.03. The van der Waals surface area contributed by atoms with E-state index < -0.39 is 5.41 Å². The van der Waals surface area contributed by atoms with Gasteiger partial charge in [0.25, 0.3) is 0 Å². The lowest BCUT2D eigenvalue weighted by Gasteiger charge is -2.29. The van der Waals surface area contributed by atoms with Gasteiger partial charge in [-0.1, -0.05) is 32.0 Å². The largest absolute Gasteiger partial charge is 0.329 e. The number of carbonyl (C=O) groups is 1. The minimum absolute atomic E-state index is 0.0243. The average Bonchev–Trinajstić information content (AvgIpc) is 2.43. The molecule has 112 valence electrons. The van der Waals surface area contributed by atoms with E-state index in [1.807, 2.05) is 52.2 Å². The molecular weight excluding hydrogens is 250 g/mol. The summed E-state index contributed by atoms with van der Waals surface area (Å²) in [6, 6.07) is 7.92. The maximum atomic E-state index is 12.6. The molecule has 0 aliphatic carbocycles. The third-order valence-electron chi connectivity index (χ3n) is 3.98. The molecule has 0 aromatic heterocycles. The first-order valence-electron chi connectivity index (χ1n) is 7.23. The van der Waals surface area contributed by atoms with Crippen LogP contribution in [0, 0.1) is 5.41 Å². The van der Waals surface area contributed by atoms with Crippen LogP contribution in [0.3, 0.4) is 0 Å². The Kier molecular flexibility index (Phi) is 6.17. The molecule has 3 N–H and O–H groups in total. The van der Waals surface area contributed by atoms with E-state index in [0.717, 1.165) is 30.6 Å². The molecule has 0 heterocycles. The third-order valence-corrected chi connectivity index (χ3v) is 3.98. The molecule has 1 aromatic rings. The highest BCUT2D eigenvalue weighted by Crippen LogP contribution is 2.28. The second kappa shape index (κ2) is 7.41. The molecule has 0 spiro atoms. The predicted molar refractivity (Wildman–Crippen MR) is 84.5 cm³/mol. The predicted octanol–water partition coefficient (Wildman–Crippen LogP) is 2.45. The Balaban J connectivity index is 2.95. The van der Waals surface area contributed by atoms with Crippen molar-refractivity contribution >= 4 is 11.6 Å². The van der Waals surface area contributed by atoms with E-state index in [9.17, 15) is 4.79 Å². The first kappa shape index (κ1) is 16.7. The van der Waals surface area contributed by atoms with Gasteiger partial charge in [-0.15, -0.1) is 0 Å². The first-order chi connectivity index (χ1) is 9.49. The fraction of sp³-hybridized carbons (Fsp3) is 0.562. The van der Waals surface area contributed by atoms with E-state index in [0.29, 0.717) is 6.54 Å². The van der Waals surface area contributed by atoms with Crippen molar-refractivity contribution in [2.75, 3.05) is 26.0 Å². The van der Waals surface area contributed by atoms with Gasteiger partial charge in [0.05, 0.1) is 5.41 Å². The normalized spacial score (nSPS) is 11.7. The number of benzene rings is 1. The van der Waals surface area contributed by atoms with Crippen LogP contribution in [0.1, 0.15) is 32.3 Å². The highest BCUT2D eigenvalue weighted by Gasteiger charge is 2.33. The Labute approximate surface area is 122 Å². The number of rotatable bonds is 7. The molecule has 1 aromatic carbocycles. The molecule has 0 bridgehead atoms. The summed E-state index contributed by atoms with van der Waals surface area (Å²) in [6.07, 6.45) is 1.50. The zero-order valence-electron chi connectivity index (χ0n) is 13.1. The SMILES string of the molecule is CCC(CC)(CN)C(=O)Nc1ccccc1CN(C)C. The van der Waals surface area contributed by atoms with Gasteiger partial charge in [0.1, 0.15) is 0 Å². The molecule has 0 atom stereocenters. The highest BCUT2D eigenvalue weighted by atomic mass is 16.2.